The number of nitrogens with zero attached hydrogens (tertiary/aromatic N) is 3. The maximum absolute atomic E-state index is 13.0. The van der Waals surface area contributed by atoms with Gasteiger partial charge in [0.05, 0.1) is 16.5 Å². The van der Waals surface area contributed by atoms with Gasteiger partial charge in [-0.15, -0.1) is 0 Å². The predicted octanol–water partition coefficient (Wildman–Crippen LogP) is 4.27. The van der Waals surface area contributed by atoms with Crippen LogP contribution in [-0.2, 0) is 9.59 Å². The second kappa shape index (κ2) is 8.00. The molecule has 0 unspecified atom stereocenters. The lowest BCUT2D eigenvalue weighted by Gasteiger charge is -2.24. The van der Waals surface area contributed by atoms with Gasteiger partial charge >= 0.3 is 5.91 Å². The van der Waals surface area contributed by atoms with Crippen LogP contribution in [0.15, 0.2) is 78.5 Å². The van der Waals surface area contributed by atoms with E-state index in [0.29, 0.717) is 5.02 Å². The van der Waals surface area contributed by atoms with Crippen LogP contribution in [0.25, 0.3) is 5.76 Å². The molecule has 0 aliphatic carbocycles. The number of aliphatic hydroxyl groups excluding tert-OH is 1. The van der Waals surface area contributed by atoms with Gasteiger partial charge in [0.2, 0.25) is 0 Å². The van der Waals surface area contributed by atoms with Crippen LogP contribution in [0.3, 0.4) is 0 Å². The van der Waals surface area contributed by atoms with Gasteiger partial charge in [0.1, 0.15) is 11.6 Å². The summed E-state index contributed by atoms with van der Waals surface area (Å²) in [7, 11) is 0. The number of ketones is 1. The maximum atomic E-state index is 13.0. The molecule has 31 heavy (non-hydrogen) atoms. The van der Waals surface area contributed by atoms with Gasteiger partial charge in [0.15, 0.2) is 0 Å². The molecule has 2 aromatic carbocycles. The molecule has 154 valence electrons. The minimum atomic E-state index is -1.11. The third kappa shape index (κ3) is 3.64. The van der Waals surface area contributed by atoms with E-state index in [1.807, 2.05) is 0 Å². The number of carbonyl (C=O) groups is 2. The van der Waals surface area contributed by atoms with Gasteiger partial charge in [0, 0.05) is 28.9 Å². The average Bonchev–Trinajstić information content (AvgIpc) is 3.05. The molecule has 1 aromatic heterocycles. The molecule has 0 saturated carbocycles. The molecule has 1 aliphatic heterocycles. The molecule has 1 amide bonds. The van der Waals surface area contributed by atoms with Gasteiger partial charge < -0.3 is 5.11 Å². The van der Waals surface area contributed by atoms with Crippen molar-refractivity contribution < 1.29 is 19.6 Å². The summed E-state index contributed by atoms with van der Waals surface area (Å²) in [4.78, 5) is 41.9. The molecule has 1 saturated heterocycles. The number of hydrogen-bond donors (Lipinski definition) is 1. The molecule has 9 heteroatoms. The van der Waals surface area contributed by atoms with Gasteiger partial charge in [-0.2, -0.15) is 0 Å². The third-order valence-electron chi connectivity index (χ3n) is 4.85. The SMILES string of the molecule is O=C1C(=O)N(c2ccccn2)[C@@H](c2cccc([N+](=O)[O-])c2)C1=C(O)c1ccc(Cl)cc1. The molecule has 0 radical (unpaired) electrons. The molecule has 2 heterocycles. The van der Waals surface area contributed by atoms with E-state index in [-0.39, 0.29) is 28.2 Å². The smallest absolute Gasteiger partial charge is 0.301 e. The second-order valence-electron chi connectivity index (χ2n) is 6.72. The lowest BCUT2D eigenvalue weighted by atomic mass is 9.95. The monoisotopic (exact) mass is 435 g/mol. The van der Waals surface area contributed by atoms with Gasteiger partial charge in [0.25, 0.3) is 11.5 Å². The molecule has 3 aromatic rings. The number of aromatic nitrogens is 1. The van der Waals surface area contributed by atoms with Gasteiger partial charge in [-0.25, -0.2) is 4.98 Å². The Kier molecular flexibility index (Phi) is 5.22. The third-order valence-corrected chi connectivity index (χ3v) is 5.11. The van der Waals surface area contributed by atoms with Crippen molar-refractivity contribution in [2.45, 2.75) is 6.04 Å². The zero-order chi connectivity index (χ0) is 22.1. The van der Waals surface area contributed by atoms with Crippen LogP contribution in [-0.4, -0.2) is 26.7 Å². The fourth-order valence-corrected chi connectivity index (χ4v) is 3.58. The minimum absolute atomic E-state index is 0.177. The van der Waals surface area contributed by atoms with Crippen LogP contribution >= 0.6 is 11.6 Å². The van der Waals surface area contributed by atoms with E-state index in [0.717, 1.165) is 4.90 Å². The summed E-state index contributed by atoms with van der Waals surface area (Å²) in [6.45, 7) is 0. The Hall–Kier alpha value is -4.04. The first-order valence-corrected chi connectivity index (χ1v) is 9.48. The number of nitro groups is 1. The Balaban J connectivity index is 1.96. The molecule has 8 nitrogen and oxygen atoms in total. The number of aliphatic hydroxyl groups is 1. The number of carbonyl (C=O) groups excluding carboxylic acids is 2. The highest BCUT2D eigenvalue weighted by Gasteiger charge is 2.47. The van der Waals surface area contributed by atoms with Crippen LogP contribution in [0.4, 0.5) is 11.5 Å². The molecule has 1 fully saturated rings. The van der Waals surface area contributed by atoms with Crippen molar-refractivity contribution in [3.63, 3.8) is 0 Å². The molecule has 4 rings (SSSR count). The van der Waals surface area contributed by atoms with Crippen LogP contribution in [0.5, 0.6) is 0 Å². The number of benzene rings is 2. The number of halogens is 1. The first kappa shape index (κ1) is 20.2. The van der Waals surface area contributed by atoms with E-state index >= 15 is 0 Å². The molecule has 1 N–H and O–H groups in total. The highest BCUT2D eigenvalue weighted by atomic mass is 35.5. The lowest BCUT2D eigenvalue weighted by molar-refractivity contribution is -0.384. The summed E-state index contributed by atoms with van der Waals surface area (Å²) in [6.07, 6.45) is 1.46. The summed E-state index contributed by atoms with van der Waals surface area (Å²) in [5.41, 5.74) is 0.155. The van der Waals surface area contributed by atoms with Crippen LogP contribution < -0.4 is 4.90 Å². The van der Waals surface area contributed by atoms with E-state index in [9.17, 15) is 24.8 Å². The number of nitro benzene ring substituents is 1. The average molecular weight is 436 g/mol. The molecular formula is C22H14ClN3O5. The number of rotatable bonds is 4. The van der Waals surface area contributed by atoms with Crippen molar-refractivity contribution in [2.75, 3.05) is 4.90 Å². The summed E-state index contributed by atoms with van der Waals surface area (Å²) < 4.78 is 0. The number of Topliss-reactive ketones (excluding diaryl/α,β-unsaturated/α-hetero) is 1. The molecule has 1 atom stereocenters. The number of pyridine rings is 1. The highest BCUT2D eigenvalue weighted by molar-refractivity contribution is 6.51. The quantitative estimate of drug-likeness (QED) is 0.215. The number of anilines is 1. The predicted molar refractivity (Wildman–Crippen MR) is 114 cm³/mol. The standard InChI is InChI=1S/C22H14ClN3O5/c23-15-9-7-13(8-10-15)20(27)18-19(14-4-3-5-16(12-14)26(30)31)25(22(29)21(18)28)17-6-1-2-11-24-17/h1-12,19,27H/t19-/m0/s1. The number of non-ortho nitro benzene ring substituents is 1. The Morgan fingerprint density at radius 1 is 1.06 bits per heavy atom. The highest BCUT2D eigenvalue weighted by Crippen LogP contribution is 2.42. The zero-order valence-corrected chi connectivity index (χ0v) is 16.6. The Bertz CT molecular complexity index is 1230. The van der Waals surface area contributed by atoms with Crippen molar-refractivity contribution in [1.29, 1.82) is 0 Å². The summed E-state index contributed by atoms with van der Waals surface area (Å²) in [5.74, 6) is -2.05. The molecule has 1 aliphatic rings. The Morgan fingerprint density at radius 2 is 1.81 bits per heavy atom. The first-order chi connectivity index (χ1) is 14.9. The minimum Gasteiger partial charge on any atom is -0.507 e. The molecule has 0 spiro atoms. The van der Waals surface area contributed by atoms with Crippen molar-refractivity contribution >= 4 is 40.6 Å². The molecule has 0 bridgehead atoms. The second-order valence-corrected chi connectivity index (χ2v) is 7.15. The fourth-order valence-electron chi connectivity index (χ4n) is 3.45. The van der Waals surface area contributed by atoms with Crippen molar-refractivity contribution in [3.05, 3.63) is 105 Å². The summed E-state index contributed by atoms with van der Waals surface area (Å²) >= 11 is 5.90. The van der Waals surface area contributed by atoms with Crippen molar-refractivity contribution in [2.24, 2.45) is 0 Å². The van der Waals surface area contributed by atoms with E-state index in [2.05, 4.69) is 4.98 Å². The number of amides is 1. The van der Waals surface area contributed by atoms with E-state index < -0.39 is 28.4 Å². The Labute approximate surface area is 181 Å². The van der Waals surface area contributed by atoms with Crippen LogP contribution in [0.2, 0.25) is 5.02 Å². The van der Waals surface area contributed by atoms with Gasteiger partial charge in [-0.1, -0.05) is 29.8 Å². The van der Waals surface area contributed by atoms with Crippen LogP contribution in [0, 0.1) is 10.1 Å². The summed E-state index contributed by atoms with van der Waals surface area (Å²) in [6, 6.07) is 15.4. The first-order valence-electron chi connectivity index (χ1n) is 9.11. The normalized spacial score (nSPS) is 17.7. The number of hydrogen-bond acceptors (Lipinski definition) is 6. The van der Waals surface area contributed by atoms with Gasteiger partial charge in [-0.3, -0.25) is 24.6 Å². The lowest BCUT2D eigenvalue weighted by Crippen LogP contribution is -2.30. The summed E-state index contributed by atoms with van der Waals surface area (Å²) in [5, 5.41) is 22.7. The zero-order valence-electron chi connectivity index (χ0n) is 15.8. The Morgan fingerprint density at radius 3 is 2.45 bits per heavy atom. The van der Waals surface area contributed by atoms with E-state index in [1.54, 1.807) is 18.2 Å². The maximum Gasteiger partial charge on any atom is 0.301 e. The fraction of sp³-hybridized carbons (Fsp3) is 0.0455. The largest absolute Gasteiger partial charge is 0.507 e. The van der Waals surface area contributed by atoms with Gasteiger partial charge in [-0.05, 0) is 42.0 Å². The topological polar surface area (TPSA) is 114 Å². The van der Waals surface area contributed by atoms with Crippen molar-refractivity contribution in [3.8, 4) is 0 Å². The van der Waals surface area contributed by atoms with Crippen LogP contribution in [0.1, 0.15) is 17.2 Å². The molecular weight excluding hydrogens is 422 g/mol. The van der Waals surface area contributed by atoms with Crippen molar-refractivity contribution in [1.82, 2.24) is 4.98 Å². The van der Waals surface area contributed by atoms with E-state index in [1.165, 1.54) is 54.7 Å². The van der Waals surface area contributed by atoms with E-state index in [4.69, 9.17) is 11.6 Å².